The van der Waals surface area contributed by atoms with Crippen molar-refractivity contribution in [2.45, 2.75) is 32.8 Å². The summed E-state index contributed by atoms with van der Waals surface area (Å²) in [6.07, 6.45) is 1.65. The maximum absolute atomic E-state index is 10.6. The van der Waals surface area contributed by atoms with E-state index in [4.69, 9.17) is 9.47 Å². The van der Waals surface area contributed by atoms with Crippen LogP contribution < -0.4 is 14.8 Å². The molecule has 1 heterocycles. The Morgan fingerprint density at radius 2 is 1.84 bits per heavy atom. The van der Waals surface area contributed by atoms with Crippen LogP contribution in [0, 0.1) is 5.92 Å². The minimum atomic E-state index is -0.707. The lowest BCUT2D eigenvalue weighted by molar-refractivity contribution is 0.185. The molecule has 0 amide bonds. The van der Waals surface area contributed by atoms with Crippen molar-refractivity contribution < 1.29 is 14.6 Å². The molecular weight excluding hydrogens is 318 g/mol. The highest BCUT2D eigenvalue weighted by molar-refractivity contribution is 5.80. The van der Waals surface area contributed by atoms with Crippen LogP contribution in [0.3, 0.4) is 0 Å². The number of ether oxygens (including phenoxy) is 2. The van der Waals surface area contributed by atoms with Gasteiger partial charge in [-0.05, 0) is 43.4 Å². The molecule has 1 aliphatic heterocycles. The number of rotatable bonds is 6. The summed E-state index contributed by atoms with van der Waals surface area (Å²) in [5, 5.41) is 13.9. The van der Waals surface area contributed by atoms with Crippen molar-refractivity contribution in [3.8, 4) is 11.5 Å². The van der Waals surface area contributed by atoms with E-state index in [1.807, 2.05) is 12.1 Å². The average molecular weight is 349 g/mol. The first kappa shape index (κ1) is 19.4. The lowest BCUT2D eigenvalue weighted by Crippen LogP contribution is -2.45. The summed E-state index contributed by atoms with van der Waals surface area (Å²) < 4.78 is 10.5. The first-order chi connectivity index (χ1) is 12.1. The third-order valence-electron chi connectivity index (χ3n) is 4.59. The monoisotopic (exact) mass is 349 g/mol. The highest BCUT2D eigenvalue weighted by Crippen LogP contribution is 2.26. The molecule has 1 aromatic rings. The lowest BCUT2D eigenvalue weighted by atomic mass is 9.99. The normalized spacial score (nSPS) is 17.3. The number of benzene rings is 1. The zero-order valence-corrected chi connectivity index (χ0v) is 15.8. The fraction of sp³-hybridized carbons (Fsp3) is 0.632. The molecule has 1 saturated heterocycles. The van der Waals surface area contributed by atoms with Crippen LogP contribution in [-0.4, -0.2) is 56.4 Å². The number of guanidine groups is 1. The number of piperidine rings is 1. The fourth-order valence-electron chi connectivity index (χ4n) is 2.95. The Kier molecular flexibility index (Phi) is 7.37. The van der Waals surface area contributed by atoms with Crippen molar-refractivity contribution in [2.75, 3.05) is 40.4 Å². The average Bonchev–Trinajstić information content (AvgIpc) is 2.65. The van der Waals surface area contributed by atoms with Crippen molar-refractivity contribution in [2.24, 2.45) is 10.9 Å². The van der Waals surface area contributed by atoms with Crippen LogP contribution >= 0.6 is 0 Å². The second kappa shape index (κ2) is 9.51. The van der Waals surface area contributed by atoms with Gasteiger partial charge in [0.15, 0.2) is 5.96 Å². The topological polar surface area (TPSA) is 66.3 Å². The summed E-state index contributed by atoms with van der Waals surface area (Å²) in [6, 6.07) is 5.43. The first-order valence-electron chi connectivity index (χ1n) is 9.01. The Morgan fingerprint density at radius 3 is 2.36 bits per heavy atom. The summed E-state index contributed by atoms with van der Waals surface area (Å²) in [5.74, 6) is 2.97. The van der Waals surface area contributed by atoms with Gasteiger partial charge in [-0.15, -0.1) is 0 Å². The molecule has 0 bridgehead atoms. The molecule has 25 heavy (non-hydrogen) atoms. The first-order valence-corrected chi connectivity index (χ1v) is 9.01. The van der Waals surface area contributed by atoms with Crippen LogP contribution in [-0.2, 0) is 0 Å². The Morgan fingerprint density at radius 1 is 1.24 bits per heavy atom. The Balaban J connectivity index is 2.08. The van der Waals surface area contributed by atoms with E-state index in [0.29, 0.717) is 18.0 Å². The highest BCUT2D eigenvalue weighted by Gasteiger charge is 2.19. The second-order valence-electron chi connectivity index (χ2n) is 6.53. The lowest BCUT2D eigenvalue weighted by Gasteiger charge is -2.33. The summed E-state index contributed by atoms with van der Waals surface area (Å²) >= 11 is 0. The van der Waals surface area contributed by atoms with Crippen LogP contribution in [0.15, 0.2) is 23.2 Å². The molecule has 1 unspecified atom stereocenters. The molecule has 6 nitrogen and oxygen atoms in total. The number of hydrogen-bond donors (Lipinski definition) is 2. The predicted octanol–water partition coefficient (Wildman–Crippen LogP) is 2.43. The van der Waals surface area contributed by atoms with Gasteiger partial charge in [-0.25, -0.2) is 0 Å². The molecule has 1 aromatic carbocycles. The SMILES string of the molecule is CCNC(=NCC(O)c1cc(OC)cc(OC)c1)N1CCC(C)CC1. The molecule has 1 aliphatic rings. The maximum atomic E-state index is 10.6. The molecular formula is C19H31N3O3. The molecule has 0 saturated carbocycles. The van der Waals surface area contributed by atoms with Crippen LogP contribution in [0.4, 0.5) is 0 Å². The zero-order chi connectivity index (χ0) is 18.2. The maximum Gasteiger partial charge on any atom is 0.194 e. The summed E-state index contributed by atoms with van der Waals surface area (Å²) in [4.78, 5) is 6.93. The van der Waals surface area contributed by atoms with Crippen LogP contribution in [0.1, 0.15) is 38.4 Å². The third kappa shape index (κ3) is 5.53. The quantitative estimate of drug-likeness (QED) is 0.610. The van der Waals surface area contributed by atoms with E-state index < -0.39 is 6.10 Å². The Hall–Kier alpha value is -1.95. The largest absolute Gasteiger partial charge is 0.497 e. The van der Waals surface area contributed by atoms with E-state index in [9.17, 15) is 5.11 Å². The molecule has 1 fully saturated rings. The van der Waals surface area contributed by atoms with Gasteiger partial charge >= 0.3 is 0 Å². The van der Waals surface area contributed by atoms with Crippen molar-refractivity contribution in [1.29, 1.82) is 0 Å². The van der Waals surface area contributed by atoms with Crippen LogP contribution in [0.25, 0.3) is 0 Å². The third-order valence-corrected chi connectivity index (χ3v) is 4.59. The molecule has 0 radical (unpaired) electrons. The number of aliphatic imine (C=N–C) groups is 1. The minimum absolute atomic E-state index is 0.296. The molecule has 0 spiro atoms. The van der Waals surface area contributed by atoms with E-state index >= 15 is 0 Å². The number of nitrogens with one attached hydrogen (secondary N) is 1. The van der Waals surface area contributed by atoms with Crippen molar-refractivity contribution >= 4 is 5.96 Å². The number of hydrogen-bond acceptors (Lipinski definition) is 4. The van der Waals surface area contributed by atoms with Gasteiger partial charge in [0.25, 0.3) is 0 Å². The molecule has 2 N–H and O–H groups in total. The van der Waals surface area contributed by atoms with Crippen molar-refractivity contribution in [1.82, 2.24) is 10.2 Å². The predicted molar refractivity (Wildman–Crippen MR) is 100 cm³/mol. The van der Waals surface area contributed by atoms with Crippen molar-refractivity contribution in [3.63, 3.8) is 0 Å². The molecule has 1 atom stereocenters. The summed E-state index contributed by atoms with van der Waals surface area (Å²) in [7, 11) is 3.20. The summed E-state index contributed by atoms with van der Waals surface area (Å²) in [6.45, 7) is 7.48. The molecule has 6 heteroatoms. The molecule has 0 aliphatic carbocycles. The molecule has 0 aromatic heterocycles. The number of nitrogens with zero attached hydrogens (tertiary/aromatic N) is 2. The van der Waals surface area contributed by atoms with E-state index in [-0.39, 0.29) is 0 Å². The Labute approximate surface area is 150 Å². The minimum Gasteiger partial charge on any atom is -0.497 e. The van der Waals surface area contributed by atoms with E-state index in [1.54, 1.807) is 20.3 Å². The number of aliphatic hydroxyl groups excluding tert-OH is 1. The van der Waals surface area contributed by atoms with Crippen LogP contribution in [0.5, 0.6) is 11.5 Å². The number of aliphatic hydroxyl groups is 1. The Bertz CT molecular complexity index is 547. The highest BCUT2D eigenvalue weighted by atomic mass is 16.5. The molecule has 140 valence electrons. The van der Waals surface area contributed by atoms with Gasteiger partial charge in [0.1, 0.15) is 11.5 Å². The molecule has 2 rings (SSSR count). The smallest absolute Gasteiger partial charge is 0.194 e. The van der Waals surface area contributed by atoms with Gasteiger partial charge < -0.3 is 24.8 Å². The van der Waals surface area contributed by atoms with Gasteiger partial charge in [0, 0.05) is 25.7 Å². The van der Waals surface area contributed by atoms with E-state index in [0.717, 1.165) is 37.1 Å². The number of methoxy groups -OCH3 is 2. The van der Waals surface area contributed by atoms with Gasteiger partial charge in [-0.3, -0.25) is 4.99 Å². The van der Waals surface area contributed by atoms with Gasteiger partial charge in [-0.2, -0.15) is 0 Å². The number of likely N-dealkylation sites (tertiary alicyclic amines) is 1. The van der Waals surface area contributed by atoms with Gasteiger partial charge in [0.05, 0.1) is 26.9 Å². The fourth-order valence-corrected chi connectivity index (χ4v) is 2.95. The van der Waals surface area contributed by atoms with Crippen molar-refractivity contribution in [3.05, 3.63) is 23.8 Å². The van der Waals surface area contributed by atoms with Crippen LogP contribution in [0.2, 0.25) is 0 Å². The van der Waals surface area contributed by atoms with Gasteiger partial charge in [-0.1, -0.05) is 6.92 Å². The van der Waals surface area contributed by atoms with E-state index in [1.165, 1.54) is 12.8 Å². The zero-order valence-electron chi connectivity index (χ0n) is 15.8. The summed E-state index contributed by atoms with van der Waals surface area (Å²) in [5.41, 5.74) is 0.739. The second-order valence-corrected chi connectivity index (χ2v) is 6.53. The standard InChI is InChI=1S/C19H31N3O3/c1-5-20-19(22-8-6-14(2)7-9-22)21-13-18(23)15-10-16(24-3)12-17(11-15)25-4/h10-12,14,18,23H,5-9,13H2,1-4H3,(H,20,21). The van der Waals surface area contributed by atoms with Gasteiger partial charge in [0.2, 0.25) is 0 Å². The van der Waals surface area contributed by atoms with E-state index in [2.05, 4.69) is 29.1 Å².